The summed E-state index contributed by atoms with van der Waals surface area (Å²) in [5.74, 6) is 0.922. The van der Waals surface area contributed by atoms with E-state index in [-0.39, 0.29) is 24.0 Å². The van der Waals surface area contributed by atoms with Gasteiger partial charge in [0.15, 0.2) is 5.96 Å². The maximum absolute atomic E-state index is 4.57. The molecule has 0 bridgehead atoms. The van der Waals surface area contributed by atoms with E-state index in [1.165, 1.54) is 16.1 Å². The summed E-state index contributed by atoms with van der Waals surface area (Å²) in [6.45, 7) is 5.88. The maximum Gasteiger partial charge on any atom is 0.198 e. The van der Waals surface area contributed by atoms with Crippen LogP contribution in [0.3, 0.4) is 0 Å². The number of rotatable bonds is 2. The van der Waals surface area contributed by atoms with Crippen LogP contribution < -0.4 is 10.2 Å². The van der Waals surface area contributed by atoms with Gasteiger partial charge in [-0.05, 0) is 31.9 Å². The van der Waals surface area contributed by atoms with Gasteiger partial charge in [-0.2, -0.15) is 0 Å². The molecule has 2 aromatic rings. The van der Waals surface area contributed by atoms with Gasteiger partial charge < -0.3 is 10.2 Å². The Morgan fingerprint density at radius 1 is 1.36 bits per heavy atom. The summed E-state index contributed by atoms with van der Waals surface area (Å²) in [5, 5.41) is 4.54. The quantitative estimate of drug-likeness (QED) is 0.452. The van der Waals surface area contributed by atoms with E-state index in [0.717, 1.165) is 36.2 Å². The number of aliphatic imine (C=N–C) groups is 1. The van der Waals surface area contributed by atoms with E-state index < -0.39 is 0 Å². The van der Waals surface area contributed by atoms with Crippen molar-refractivity contribution in [3.63, 3.8) is 0 Å². The number of benzene rings is 1. The normalized spacial score (nSPS) is 13.8. The van der Waals surface area contributed by atoms with E-state index in [0.29, 0.717) is 0 Å². The Bertz CT molecular complexity index is 661. The van der Waals surface area contributed by atoms with Crippen LogP contribution in [-0.4, -0.2) is 24.5 Å². The van der Waals surface area contributed by atoms with Crippen molar-refractivity contribution in [3.05, 3.63) is 45.4 Å². The molecule has 0 amide bonds. The molecule has 0 radical (unpaired) electrons. The summed E-state index contributed by atoms with van der Waals surface area (Å²) in [4.78, 5) is 12.5. The molecule has 6 heteroatoms. The molecule has 0 saturated heterocycles. The van der Waals surface area contributed by atoms with Crippen LogP contribution in [0.4, 0.5) is 5.69 Å². The minimum Gasteiger partial charge on any atom is -0.349 e. The fourth-order valence-corrected chi connectivity index (χ4v) is 3.50. The van der Waals surface area contributed by atoms with Crippen LogP contribution in [0.1, 0.15) is 21.1 Å². The van der Waals surface area contributed by atoms with Gasteiger partial charge in [0.1, 0.15) is 5.01 Å². The van der Waals surface area contributed by atoms with E-state index in [1.807, 2.05) is 7.05 Å². The Morgan fingerprint density at radius 2 is 2.14 bits per heavy atom. The molecule has 0 unspecified atom stereocenters. The molecule has 0 fully saturated rings. The fraction of sp³-hybridized carbons (Fsp3) is 0.375. The molecule has 0 aliphatic carbocycles. The predicted molar refractivity (Wildman–Crippen MR) is 105 cm³/mol. The number of anilines is 1. The predicted octanol–water partition coefficient (Wildman–Crippen LogP) is 3.52. The number of halogens is 1. The van der Waals surface area contributed by atoms with Gasteiger partial charge in [0.2, 0.25) is 0 Å². The molecule has 22 heavy (non-hydrogen) atoms. The van der Waals surface area contributed by atoms with E-state index in [4.69, 9.17) is 0 Å². The average Bonchev–Trinajstić information content (AvgIpc) is 3.05. The van der Waals surface area contributed by atoms with Crippen molar-refractivity contribution in [2.45, 2.75) is 26.8 Å². The third-order valence-corrected chi connectivity index (χ3v) is 4.90. The van der Waals surface area contributed by atoms with Gasteiger partial charge >= 0.3 is 0 Å². The van der Waals surface area contributed by atoms with Crippen LogP contribution in [0, 0.1) is 13.8 Å². The largest absolute Gasteiger partial charge is 0.349 e. The van der Waals surface area contributed by atoms with E-state index >= 15 is 0 Å². The molecule has 1 aromatic carbocycles. The lowest BCUT2D eigenvalue weighted by Crippen LogP contribution is -2.40. The molecule has 3 rings (SSSR count). The molecule has 0 saturated carbocycles. The summed E-state index contributed by atoms with van der Waals surface area (Å²) < 4.78 is 0. The minimum atomic E-state index is 0. The molecule has 0 atom stereocenters. The van der Waals surface area contributed by atoms with Gasteiger partial charge in [-0.1, -0.05) is 18.2 Å². The van der Waals surface area contributed by atoms with Crippen LogP contribution in [0.2, 0.25) is 0 Å². The number of aryl methyl sites for hydroxylation is 2. The van der Waals surface area contributed by atoms with Crippen molar-refractivity contribution in [2.24, 2.45) is 4.99 Å². The monoisotopic (exact) mass is 428 g/mol. The molecule has 2 heterocycles. The average molecular weight is 428 g/mol. The topological polar surface area (TPSA) is 40.5 Å². The van der Waals surface area contributed by atoms with E-state index in [9.17, 15) is 0 Å². The Labute approximate surface area is 152 Å². The summed E-state index contributed by atoms with van der Waals surface area (Å²) in [6, 6.07) is 8.53. The Balaban J connectivity index is 0.00000176. The third-order valence-electron chi connectivity index (χ3n) is 3.83. The SMILES string of the molecule is CN=C(NCc1nc(C)c(C)s1)N1CCc2ccccc21.I. The Hall–Kier alpha value is -1.15. The number of hydrogen-bond donors (Lipinski definition) is 1. The highest BCUT2D eigenvalue weighted by Gasteiger charge is 2.22. The Morgan fingerprint density at radius 3 is 2.82 bits per heavy atom. The van der Waals surface area contributed by atoms with Gasteiger partial charge in [-0.25, -0.2) is 4.98 Å². The summed E-state index contributed by atoms with van der Waals surface area (Å²) in [6.07, 6.45) is 1.08. The lowest BCUT2D eigenvalue weighted by Gasteiger charge is -2.21. The van der Waals surface area contributed by atoms with Gasteiger partial charge in [0.25, 0.3) is 0 Å². The first-order valence-electron chi connectivity index (χ1n) is 7.18. The second kappa shape index (κ2) is 7.41. The first-order valence-corrected chi connectivity index (χ1v) is 7.99. The first kappa shape index (κ1) is 17.2. The first-order chi connectivity index (χ1) is 10.2. The molecule has 1 aliphatic rings. The molecule has 0 spiro atoms. The fourth-order valence-electron chi connectivity index (χ4n) is 2.62. The highest BCUT2D eigenvalue weighted by atomic mass is 127. The van der Waals surface area contributed by atoms with Crippen LogP contribution in [0.15, 0.2) is 29.3 Å². The number of nitrogens with zero attached hydrogens (tertiary/aromatic N) is 3. The third kappa shape index (κ3) is 3.43. The summed E-state index contributed by atoms with van der Waals surface area (Å²) in [5.41, 5.74) is 3.77. The van der Waals surface area contributed by atoms with Crippen molar-refractivity contribution < 1.29 is 0 Å². The molecule has 1 N–H and O–H groups in total. The number of aromatic nitrogens is 1. The van der Waals surface area contributed by atoms with Crippen molar-refractivity contribution in [1.82, 2.24) is 10.3 Å². The van der Waals surface area contributed by atoms with Gasteiger partial charge in [0, 0.05) is 24.2 Å². The van der Waals surface area contributed by atoms with Gasteiger partial charge in [-0.15, -0.1) is 35.3 Å². The lowest BCUT2D eigenvalue weighted by atomic mass is 10.2. The lowest BCUT2D eigenvalue weighted by molar-refractivity contribution is 0.855. The Kier molecular flexibility index (Phi) is 5.80. The minimum absolute atomic E-state index is 0. The number of hydrogen-bond acceptors (Lipinski definition) is 3. The van der Waals surface area contributed by atoms with Crippen molar-refractivity contribution in [1.29, 1.82) is 0 Å². The zero-order chi connectivity index (χ0) is 14.8. The molecule has 118 valence electrons. The molecule has 1 aliphatic heterocycles. The molecular weight excluding hydrogens is 407 g/mol. The van der Waals surface area contributed by atoms with Crippen LogP contribution in [0.5, 0.6) is 0 Å². The van der Waals surface area contributed by atoms with Gasteiger partial charge in [0.05, 0.1) is 12.2 Å². The highest BCUT2D eigenvalue weighted by Crippen LogP contribution is 2.27. The number of fused-ring (bicyclic) bond motifs is 1. The van der Waals surface area contributed by atoms with Crippen LogP contribution in [0.25, 0.3) is 0 Å². The standard InChI is InChI=1S/C16H20N4S.HI/c1-11-12(2)21-15(19-11)10-18-16(17-3)20-9-8-13-6-4-5-7-14(13)20;/h4-7H,8-10H2,1-3H3,(H,17,18);1H. The van der Waals surface area contributed by atoms with E-state index in [1.54, 1.807) is 11.3 Å². The highest BCUT2D eigenvalue weighted by molar-refractivity contribution is 14.0. The van der Waals surface area contributed by atoms with Crippen LogP contribution in [-0.2, 0) is 13.0 Å². The number of nitrogens with one attached hydrogen (secondary N) is 1. The smallest absolute Gasteiger partial charge is 0.198 e. The van der Waals surface area contributed by atoms with Crippen molar-refractivity contribution in [2.75, 3.05) is 18.5 Å². The number of thiazole rings is 1. The molecule has 4 nitrogen and oxygen atoms in total. The number of guanidine groups is 1. The second-order valence-electron chi connectivity index (χ2n) is 5.18. The van der Waals surface area contributed by atoms with E-state index in [2.05, 4.69) is 58.3 Å². The van der Waals surface area contributed by atoms with Crippen molar-refractivity contribution in [3.8, 4) is 0 Å². The van der Waals surface area contributed by atoms with Crippen molar-refractivity contribution >= 4 is 47.0 Å². The zero-order valence-electron chi connectivity index (χ0n) is 13.1. The summed E-state index contributed by atoms with van der Waals surface area (Å²) in [7, 11) is 1.83. The zero-order valence-corrected chi connectivity index (χ0v) is 16.2. The summed E-state index contributed by atoms with van der Waals surface area (Å²) >= 11 is 1.75. The van der Waals surface area contributed by atoms with Crippen LogP contribution >= 0.6 is 35.3 Å². The second-order valence-corrected chi connectivity index (χ2v) is 6.47. The maximum atomic E-state index is 4.57. The van der Waals surface area contributed by atoms with Gasteiger partial charge in [-0.3, -0.25) is 4.99 Å². The molecular formula is C16H21IN4S. The number of para-hydroxylation sites is 1. The molecule has 1 aromatic heterocycles.